The standard InChI is InChI=1S/C13H17NO4S/c1-10(15)11-5-4-6-12(7-11)19(16,17)14-9-18-8-13(14,2)3/h4-7H,8-9H2,1-3H3. The molecule has 5 nitrogen and oxygen atoms in total. The van der Waals surface area contributed by atoms with Crippen LogP contribution in [-0.2, 0) is 14.8 Å². The second-order valence-electron chi connectivity index (χ2n) is 5.23. The molecule has 1 fully saturated rings. The molecule has 0 bridgehead atoms. The molecule has 0 radical (unpaired) electrons. The SMILES string of the molecule is CC(=O)c1cccc(S(=O)(=O)N2COCC2(C)C)c1. The van der Waals surface area contributed by atoms with Gasteiger partial charge in [0, 0.05) is 5.56 Å². The first-order valence-corrected chi connectivity index (χ1v) is 7.41. The molecule has 0 atom stereocenters. The van der Waals surface area contributed by atoms with E-state index in [9.17, 15) is 13.2 Å². The lowest BCUT2D eigenvalue weighted by Gasteiger charge is -2.28. The number of sulfonamides is 1. The topological polar surface area (TPSA) is 63.7 Å². The molecule has 6 heteroatoms. The van der Waals surface area contributed by atoms with Crippen LogP contribution in [0.5, 0.6) is 0 Å². The lowest BCUT2D eigenvalue weighted by atomic mass is 10.1. The summed E-state index contributed by atoms with van der Waals surface area (Å²) >= 11 is 0. The molecule has 2 rings (SSSR count). The largest absolute Gasteiger partial charge is 0.363 e. The van der Waals surface area contributed by atoms with Gasteiger partial charge in [-0.3, -0.25) is 4.79 Å². The van der Waals surface area contributed by atoms with Crippen molar-refractivity contribution in [2.45, 2.75) is 31.2 Å². The highest BCUT2D eigenvalue weighted by molar-refractivity contribution is 7.89. The van der Waals surface area contributed by atoms with Crippen LogP contribution >= 0.6 is 0 Å². The summed E-state index contributed by atoms with van der Waals surface area (Å²) in [5, 5.41) is 0. The molecule has 0 spiro atoms. The predicted octanol–water partition coefficient (Wildman–Crippen LogP) is 1.65. The summed E-state index contributed by atoms with van der Waals surface area (Å²) in [6.07, 6.45) is 0. The van der Waals surface area contributed by atoms with Crippen molar-refractivity contribution in [3.63, 3.8) is 0 Å². The molecule has 1 aromatic carbocycles. The molecule has 0 aliphatic carbocycles. The maximum atomic E-state index is 12.6. The van der Waals surface area contributed by atoms with Gasteiger partial charge in [-0.2, -0.15) is 4.31 Å². The highest BCUT2D eigenvalue weighted by Crippen LogP contribution is 2.29. The van der Waals surface area contributed by atoms with E-state index < -0.39 is 15.6 Å². The minimum absolute atomic E-state index is 0.0413. The van der Waals surface area contributed by atoms with Crippen LogP contribution in [-0.4, -0.2) is 37.4 Å². The number of ketones is 1. The van der Waals surface area contributed by atoms with Gasteiger partial charge in [-0.15, -0.1) is 0 Å². The Morgan fingerprint density at radius 3 is 2.58 bits per heavy atom. The van der Waals surface area contributed by atoms with E-state index in [1.165, 1.54) is 23.4 Å². The third-order valence-electron chi connectivity index (χ3n) is 3.17. The van der Waals surface area contributed by atoms with Crippen LogP contribution in [0.15, 0.2) is 29.2 Å². The molecule has 19 heavy (non-hydrogen) atoms. The van der Waals surface area contributed by atoms with E-state index in [1.54, 1.807) is 12.1 Å². The average Bonchev–Trinajstić information content (AvgIpc) is 2.69. The Hall–Kier alpha value is -1.24. The Bertz CT molecular complexity index is 607. The second-order valence-corrected chi connectivity index (χ2v) is 7.09. The van der Waals surface area contributed by atoms with Crippen LogP contribution in [0.25, 0.3) is 0 Å². The Kier molecular flexibility index (Phi) is 3.51. The molecule has 0 unspecified atom stereocenters. The molecular weight excluding hydrogens is 266 g/mol. The predicted molar refractivity (Wildman–Crippen MR) is 70.4 cm³/mol. The van der Waals surface area contributed by atoms with Gasteiger partial charge in [-0.25, -0.2) is 8.42 Å². The number of rotatable bonds is 3. The number of hydrogen-bond donors (Lipinski definition) is 0. The number of Topliss-reactive ketones (excluding diaryl/α,β-unsaturated/α-hetero) is 1. The fourth-order valence-corrected chi connectivity index (χ4v) is 3.72. The number of ether oxygens (including phenoxy) is 1. The van der Waals surface area contributed by atoms with Crippen molar-refractivity contribution in [3.05, 3.63) is 29.8 Å². The molecule has 1 aliphatic heterocycles. The van der Waals surface area contributed by atoms with Crippen LogP contribution in [0, 0.1) is 0 Å². The lowest BCUT2D eigenvalue weighted by Crippen LogP contribution is -2.44. The average molecular weight is 283 g/mol. The molecule has 1 aromatic rings. The zero-order valence-electron chi connectivity index (χ0n) is 11.2. The molecule has 1 saturated heterocycles. The lowest BCUT2D eigenvalue weighted by molar-refractivity contribution is 0.101. The highest BCUT2D eigenvalue weighted by atomic mass is 32.2. The monoisotopic (exact) mass is 283 g/mol. The Morgan fingerprint density at radius 2 is 2.05 bits per heavy atom. The third kappa shape index (κ3) is 2.56. The van der Waals surface area contributed by atoms with Gasteiger partial charge in [0.1, 0.15) is 6.73 Å². The molecule has 0 saturated carbocycles. The van der Waals surface area contributed by atoms with Crippen LogP contribution in [0.2, 0.25) is 0 Å². The van der Waals surface area contributed by atoms with Crippen LogP contribution in [0.4, 0.5) is 0 Å². The Labute approximate surface area is 113 Å². The van der Waals surface area contributed by atoms with Gasteiger partial charge in [0.05, 0.1) is 17.0 Å². The van der Waals surface area contributed by atoms with E-state index in [0.717, 1.165) is 0 Å². The van der Waals surface area contributed by atoms with Gasteiger partial charge in [-0.05, 0) is 32.9 Å². The summed E-state index contributed by atoms with van der Waals surface area (Å²) in [6.45, 7) is 5.44. The smallest absolute Gasteiger partial charge is 0.245 e. The van der Waals surface area contributed by atoms with Crippen LogP contribution < -0.4 is 0 Å². The number of hydrogen-bond acceptors (Lipinski definition) is 4. The van der Waals surface area contributed by atoms with Gasteiger partial charge in [0.25, 0.3) is 0 Å². The van der Waals surface area contributed by atoms with Crippen molar-refractivity contribution in [1.82, 2.24) is 4.31 Å². The highest BCUT2D eigenvalue weighted by Gasteiger charge is 2.42. The van der Waals surface area contributed by atoms with E-state index in [-0.39, 0.29) is 17.4 Å². The Morgan fingerprint density at radius 1 is 1.37 bits per heavy atom. The summed E-state index contributed by atoms with van der Waals surface area (Å²) in [4.78, 5) is 11.5. The first-order valence-electron chi connectivity index (χ1n) is 5.97. The summed E-state index contributed by atoms with van der Waals surface area (Å²) in [6, 6.07) is 6.09. The van der Waals surface area contributed by atoms with Gasteiger partial charge in [0.2, 0.25) is 10.0 Å². The summed E-state index contributed by atoms with van der Waals surface area (Å²) < 4.78 is 31.7. The van der Waals surface area contributed by atoms with Crippen molar-refractivity contribution in [2.75, 3.05) is 13.3 Å². The molecular formula is C13H17NO4S. The van der Waals surface area contributed by atoms with E-state index in [1.807, 2.05) is 13.8 Å². The number of benzene rings is 1. The van der Waals surface area contributed by atoms with Crippen LogP contribution in [0.1, 0.15) is 31.1 Å². The second kappa shape index (κ2) is 4.70. The zero-order valence-corrected chi connectivity index (χ0v) is 12.0. The number of carbonyl (C=O) groups is 1. The minimum atomic E-state index is -3.65. The first kappa shape index (κ1) is 14.2. The summed E-state index contributed by atoms with van der Waals surface area (Å²) in [7, 11) is -3.65. The van der Waals surface area contributed by atoms with E-state index in [4.69, 9.17) is 4.74 Å². The quantitative estimate of drug-likeness (QED) is 0.791. The van der Waals surface area contributed by atoms with E-state index >= 15 is 0 Å². The van der Waals surface area contributed by atoms with Gasteiger partial charge < -0.3 is 4.74 Å². The minimum Gasteiger partial charge on any atom is -0.363 e. The number of carbonyl (C=O) groups excluding carboxylic acids is 1. The Balaban J connectivity index is 2.45. The van der Waals surface area contributed by atoms with Gasteiger partial charge in [0.15, 0.2) is 5.78 Å². The molecule has 0 N–H and O–H groups in total. The van der Waals surface area contributed by atoms with E-state index in [2.05, 4.69) is 0 Å². The molecule has 0 amide bonds. The molecule has 1 heterocycles. The first-order chi connectivity index (χ1) is 8.75. The maximum Gasteiger partial charge on any atom is 0.245 e. The van der Waals surface area contributed by atoms with Crippen molar-refractivity contribution >= 4 is 15.8 Å². The number of nitrogens with zero attached hydrogens (tertiary/aromatic N) is 1. The molecule has 1 aliphatic rings. The fourth-order valence-electron chi connectivity index (χ4n) is 2.02. The van der Waals surface area contributed by atoms with Crippen molar-refractivity contribution in [2.24, 2.45) is 0 Å². The van der Waals surface area contributed by atoms with Gasteiger partial charge >= 0.3 is 0 Å². The molecule has 0 aromatic heterocycles. The maximum absolute atomic E-state index is 12.6. The summed E-state index contributed by atoms with van der Waals surface area (Å²) in [5.41, 5.74) is -0.190. The van der Waals surface area contributed by atoms with Crippen LogP contribution in [0.3, 0.4) is 0 Å². The zero-order chi connectivity index (χ0) is 14.3. The van der Waals surface area contributed by atoms with Gasteiger partial charge in [-0.1, -0.05) is 12.1 Å². The summed E-state index contributed by atoms with van der Waals surface area (Å²) in [5.74, 6) is -0.158. The van der Waals surface area contributed by atoms with Crippen molar-refractivity contribution in [3.8, 4) is 0 Å². The fraction of sp³-hybridized carbons (Fsp3) is 0.462. The normalized spacial score (nSPS) is 19.5. The third-order valence-corrected chi connectivity index (χ3v) is 5.20. The van der Waals surface area contributed by atoms with Crippen molar-refractivity contribution in [1.29, 1.82) is 0 Å². The molecule has 104 valence electrons. The van der Waals surface area contributed by atoms with E-state index in [0.29, 0.717) is 12.2 Å². The van der Waals surface area contributed by atoms with Crippen molar-refractivity contribution < 1.29 is 17.9 Å².